The van der Waals surface area contributed by atoms with Gasteiger partial charge in [-0.25, -0.2) is 4.39 Å². The van der Waals surface area contributed by atoms with E-state index in [-0.39, 0.29) is 23.9 Å². The Morgan fingerprint density at radius 1 is 1.41 bits per heavy atom. The molecule has 0 saturated heterocycles. The number of halogens is 1. The van der Waals surface area contributed by atoms with Crippen molar-refractivity contribution in [3.05, 3.63) is 35.6 Å². The standard InChI is InChI=1S/C14H22FNO/c1-4-13(16-9-14(2,3)10-17)11-6-5-7-12(15)8-11/h5-8,13,16-17H,4,9-10H2,1-3H3. The minimum Gasteiger partial charge on any atom is -0.396 e. The second-order valence-electron chi connectivity index (χ2n) is 5.22. The number of aliphatic hydroxyl groups is 1. The van der Waals surface area contributed by atoms with Crippen LogP contribution in [0.4, 0.5) is 4.39 Å². The van der Waals surface area contributed by atoms with Crippen LogP contribution >= 0.6 is 0 Å². The number of aliphatic hydroxyl groups excluding tert-OH is 1. The van der Waals surface area contributed by atoms with Gasteiger partial charge in [-0.2, -0.15) is 0 Å². The summed E-state index contributed by atoms with van der Waals surface area (Å²) in [7, 11) is 0. The van der Waals surface area contributed by atoms with Gasteiger partial charge in [0.1, 0.15) is 5.82 Å². The summed E-state index contributed by atoms with van der Waals surface area (Å²) in [5, 5.41) is 12.6. The Balaban J connectivity index is 2.66. The molecule has 0 saturated carbocycles. The van der Waals surface area contributed by atoms with Crippen LogP contribution in [0.5, 0.6) is 0 Å². The minimum absolute atomic E-state index is 0.136. The minimum atomic E-state index is -0.204. The van der Waals surface area contributed by atoms with E-state index in [2.05, 4.69) is 12.2 Å². The predicted molar refractivity (Wildman–Crippen MR) is 68.3 cm³/mol. The van der Waals surface area contributed by atoms with Gasteiger partial charge in [-0.3, -0.25) is 0 Å². The van der Waals surface area contributed by atoms with Gasteiger partial charge in [-0.15, -0.1) is 0 Å². The maximum absolute atomic E-state index is 13.1. The highest BCUT2D eigenvalue weighted by molar-refractivity contribution is 5.20. The fourth-order valence-corrected chi connectivity index (χ4v) is 1.68. The molecule has 0 fully saturated rings. The molecule has 0 amide bonds. The summed E-state index contributed by atoms with van der Waals surface area (Å²) in [6.45, 7) is 6.91. The van der Waals surface area contributed by atoms with E-state index in [9.17, 15) is 9.50 Å². The van der Waals surface area contributed by atoms with Crippen LogP contribution in [0.3, 0.4) is 0 Å². The van der Waals surface area contributed by atoms with Crippen LogP contribution in [0, 0.1) is 11.2 Å². The van der Waals surface area contributed by atoms with Crippen LogP contribution < -0.4 is 5.32 Å². The first-order valence-corrected chi connectivity index (χ1v) is 6.08. The number of hydrogen-bond acceptors (Lipinski definition) is 2. The summed E-state index contributed by atoms with van der Waals surface area (Å²) in [6.07, 6.45) is 0.894. The molecular weight excluding hydrogens is 217 g/mol. The van der Waals surface area contributed by atoms with Crippen molar-refractivity contribution in [3.8, 4) is 0 Å². The van der Waals surface area contributed by atoms with Crippen molar-refractivity contribution in [1.29, 1.82) is 0 Å². The van der Waals surface area contributed by atoms with Crippen LogP contribution in [0.25, 0.3) is 0 Å². The van der Waals surface area contributed by atoms with Gasteiger partial charge in [0.05, 0.1) is 0 Å². The van der Waals surface area contributed by atoms with E-state index < -0.39 is 0 Å². The Bertz CT molecular complexity index is 352. The number of rotatable bonds is 6. The highest BCUT2D eigenvalue weighted by Gasteiger charge is 2.18. The van der Waals surface area contributed by atoms with E-state index in [0.29, 0.717) is 6.54 Å². The Hall–Kier alpha value is -0.930. The molecule has 0 bridgehead atoms. The number of hydrogen-bond donors (Lipinski definition) is 2. The summed E-state index contributed by atoms with van der Waals surface area (Å²) in [4.78, 5) is 0. The molecule has 1 atom stereocenters. The lowest BCUT2D eigenvalue weighted by Crippen LogP contribution is -2.34. The first-order valence-electron chi connectivity index (χ1n) is 6.08. The fraction of sp³-hybridized carbons (Fsp3) is 0.571. The largest absolute Gasteiger partial charge is 0.396 e. The average Bonchev–Trinajstić information content (AvgIpc) is 2.30. The van der Waals surface area contributed by atoms with Gasteiger partial charge in [-0.05, 0) is 24.1 Å². The van der Waals surface area contributed by atoms with Crippen molar-refractivity contribution >= 4 is 0 Å². The topological polar surface area (TPSA) is 32.3 Å². The van der Waals surface area contributed by atoms with Gasteiger partial charge in [0.2, 0.25) is 0 Å². The lowest BCUT2D eigenvalue weighted by atomic mass is 9.93. The average molecular weight is 239 g/mol. The van der Waals surface area contributed by atoms with Crippen molar-refractivity contribution in [2.45, 2.75) is 33.2 Å². The fourth-order valence-electron chi connectivity index (χ4n) is 1.68. The van der Waals surface area contributed by atoms with Gasteiger partial charge in [0, 0.05) is 24.6 Å². The van der Waals surface area contributed by atoms with Crippen molar-refractivity contribution in [1.82, 2.24) is 5.32 Å². The summed E-state index contributed by atoms with van der Waals surface area (Å²) in [6, 6.07) is 6.81. The van der Waals surface area contributed by atoms with E-state index in [0.717, 1.165) is 12.0 Å². The summed E-state index contributed by atoms with van der Waals surface area (Å²) >= 11 is 0. The second kappa shape index (κ2) is 6.12. The molecule has 96 valence electrons. The normalized spacial score (nSPS) is 13.7. The zero-order valence-corrected chi connectivity index (χ0v) is 10.8. The molecule has 1 unspecified atom stereocenters. The van der Waals surface area contributed by atoms with Gasteiger partial charge >= 0.3 is 0 Å². The molecule has 0 aliphatic heterocycles. The molecule has 3 heteroatoms. The molecule has 0 heterocycles. The SMILES string of the molecule is CCC(NCC(C)(C)CO)c1cccc(F)c1. The zero-order chi connectivity index (χ0) is 12.9. The monoisotopic (exact) mass is 239 g/mol. The van der Waals surface area contributed by atoms with Crippen LogP contribution in [0.2, 0.25) is 0 Å². The molecule has 1 aromatic carbocycles. The third kappa shape index (κ3) is 4.44. The van der Waals surface area contributed by atoms with Gasteiger partial charge < -0.3 is 10.4 Å². The molecule has 1 aromatic rings. The van der Waals surface area contributed by atoms with Crippen LogP contribution in [-0.4, -0.2) is 18.3 Å². The van der Waals surface area contributed by atoms with Gasteiger partial charge in [0.25, 0.3) is 0 Å². The number of benzene rings is 1. The van der Waals surface area contributed by atoms with E-state index in [1.807, 2.05) is 19.9 Å². The quantitative estimate of drug-likeness (QED) is 0.800. The smallest absolute Gasteiger partial charge is 0.123 e. The third-order valence-corrected chi connectivity index (χ3v) is 2.91. The molecule has 0 aliphatic rings. The molecule has 17 heavy (non-hydrogen) atoms. The van der Waals surface area contributed by atoms with E-state index in [1.54, 1.807) is 12.1 Å². The van der Waals surface area contributed by atoms with Gasteiger partial charge in [0.15, 0.2) is 0 Å². The lowest BCUT2D eigenvalue weighted by molar-refractivity contribution is 0.152. The second-order valence-corrected chi connectivity index (χ2v) is 5.22. The zero-order valence-electron chi connectivity index (χ0n) is 10.8. The molecule has 0 radical (unpaired) electrons. The van der Waals surface area contributed by atoms with Crippen molar-refractivity contribution in [2.75, 3.05) is 13.2 Å². The third-order valence-electron chi connectivity index (χ3n) is 2.91. The summed E-state index contributed by atoms with van der Waals surface area (Å²) in [5.74, 6) is -0.204. The molecule has 0 aromatic heterocycles. The molecule has 2 nitrogen and oxygen atoms in total. The Kier molecular flexibility index (Phi) is 5.09. The Morgan fingerprint density at radius 3 is 2.65 bits per heavy atom. The molecule has 0 spiro atoms. The summed E-state index contributed by atoms with van der Waals surface area (Å²) < 4.78 is 13.1. The first kappa shape index (κ1) is 14.1. The van der Waals surface area contributed by atoms with Crippen molar-refractivity contribution < 1.29 is 9.50 Å². The maximum atomic E-state index is 13.1. The number of nitrogens with one attached hydrogen (secondary N) is 1. The molecule has 1 rings (SSSR count). The molecular formula is C14H22FNO. The van der Waals surface area contributed by atoms with E-state index >= 15 is 0 Å². The van der Waals surface area contributed by atoms with E-state index in [1.165, 1.54) is 6.07 Å². The van der Waals surface area contributed by atoms with Crippen molar-refractivity contribution in [2.24, 2.45) is 5.41 Å². The molecule has 0 aliphatic carbocycles. The maximum Gasteiger partial charge on any atom is 0.123 e. The highest BCUT2D eigenvalue weighted by atomic mass is 19.1. The highest BCUT2D eigenvalue weighted by Crippen LogP contribution is 2.20. The first-order chi connectivity index (χ1) is 7.98. The van der Waals surface area contributed by atoms with E-state index in [4.69, 9.17) is 0 Å². The Labute approximate surface area is 103 Å². The lowest BCUT2D eigenvalue weighted by Gasteiger charge is -2.26. The molecule has 2 N–H and O–H groups in total. The van der Waals surface area contributed by atoms with Crippen molar-refractivity contribution in [3.63, 3.8) is 0 Å². The summed E-state index contributed by atoms with van der Waals surface area (Å²) in [5.41, 5.74) is 0.807. The van der Waals surface area contributed by atoms with Crippen LogP contribution in [0.15, 0.2) is 24.3 Å². The van der Waals surface area contributed by atoms with Crippen LogP contribution in [-0.2, 0) is 0 Å². The Morgan fingerprint density at radius 2 is 2.12 bits per heavy atom. The van der Waals surface area contributed by atoms with Crippen LogP contribution in [0.1, 0.15) is 38.8 Å². The predicted octanol–water partition coefficient (Wildman–Crippen LogP) is 2.88. The van der Waals surface area contributed by atoms with Gasteiger partial charge in [-0.1, -0.05) is 32.9 Å².